The van der Waals surface area contributed by atoms with Crippen molar-refractivity contribution < 1.29 is 4.79 Å². The van der Waals surface area contributed by atoms with Gasteiger partial charge in [0.05, 0.1) is 0 Å². The van der Waals surface area contributed by atoms with Crippen molar-refractivity contribution in [1.29, 1.82) is 0 Å². The zero-order chi connectivity index (χ0) is 7.40. The van der Waals surface area contributed by atoms with Crippen LogP contribution in [0.4, 0.5) is 0 Å². The summed E-state index contributed by atoms with van der Waals surface area (Å²) >= 11 is 0. The maximum atomic E-state index is 10.9. The third-order valence-electron chi connectivity index (χ3n) is 1.19. The molecule has 1 aromatic carbocycles. The summed E-state index contributed by atoms with van der Waals surface area (Å²) < 4.78 is 0. The third kappa shape index (κ3) is 1.32. The van der Waals surface area contributed by atoms with Crippen molar-refractivity contribution in [2.24, 2.45) is 0 Å². The molecule has 0 saturated heterocycles. The van der Waals surface area contributed by atoms with Crippen LogP contribution in [-0.2, 0) is 0 Å². The van der Waals surface area contributed by atoms with Crippen LogP contribution in [0.5, 0.6) is 0 Å². The van der Waals surface area contributed by atoms with Crippen LogP contribution in [0.25, 0.3) is 0 Å². The molecule has 0 aliphatic rings. The number of hydrogen-bond donors (Lipinski definition) is 0. The van der Waals surface area contributed by atoms with Gasteiger partial charge >= 0.3 is 0 Å². The quantitative estimate of drug-likeness (QED) is 0.442. The van der Waals surface area contributed by atoms with Gasteiger partial charge in [-0.05, 0) is 12.1 Å². The van der Waals surface area contributed by atoms with Crippen LogP contribution in [0.2, 0.25) is 0 Å². The highest BCUT2D eigenvalue weighted by molar-refractivity contribution is 6.03. The molecule has 0 atom stereocenters. The van der Waals surface area contributed by atoms with Gasteiger partial charge in [0.25, 0.3) is 0 Å². The van der Waals surface area contributed by atoms with E-state index >= 15 is 0 Å². The van der Waals surface area contributed by atoms with Crippen molar-refractivity contribution in [2.45, 2.75) is 0 Å². The van der Waals surface area contributed by atoms with Gasteiger partial charge in [-0.1, -0.05) is 30.8 Å². The molecule has 1 nitrogen and oxygen atoms in total. The molecule has 0 heterocycles. The molecule has 0 spiro atoms. The standard InChI is InChI=1S/C9H7O/c1-2-9(10)8-6-4-3-5-7-8/h2,4-7H,1H2. The van der Waals surface area contributed by atoms with Crippen molar-refractivity contribution in [3.05, 3.63) is 48.6 Å². The van der Waals surface area contributed by atoms with Gasteiger partial charge in [0, 0.05) is 5.56 Å². The molecule has 0 unspecified atom stereocenters. The fourth-order valence-electron chi connectivity index (χ4n) is 0.669. The first kappa shape index (κ1) is 6.75. The number of benzene rings is 1. The number of ketones is 1. The minimum atomic E-state index is -0.0472. The molecule has 0 aromatic heterocycles. The molecule has 0 saturated carbocycles. The second kappa shape index (κ2) is 2.97. The Hall–Kier alpha value is -1.37. The summed E-state index contributed by atoms with van der Waals surface area (Å²) in [5, 5.41) is 0. The van der Waals surface area contributed by atoms with Crippen LogP contribution in [-0.4, -0.2) is 5.78 Å². The Balaban J connectivity index is 2.95. The second-order valence-corrected chi connectivity index (χ2v) is 1.86. The number of carbonyl (C=O) groups is 1. The highest BCUT2D eigenvalue weighted by atomic mass is 16.1. The molecule has 1 rings (SSSR count). The first-order valence-electron chi connectivity index (χ1n) is 2.97. The normalized spacial score (nSPS) is 8.80. The Labute approximate surface area is 60.0 Å². The van der Waals surface area contributed by atoms with Crippen LogP contribution in [0, 0.1) is 6.07 Å². The van der Waals surface area contributed by atoms with E-state index < -0.39 is 0 Å². The molecule has 10 heavy (non-hydrogen) atoms. The lowest BCUT2D eigenvalue weighted by Crippen LogP contribution is -1.91. The van der Waals surface area contributed by atoms with E-state index in [2.05, 4.69) is 12.6 Å². The Morgan fingerprint density at radius 3 is 2.60 bits per heavy atom. The summed E-state index contributed by atoms with van der Waals surface area (Å²) in [4.78, 5) is 10.9. The molecule has 0 amide bonds. The molecular formula is C9H7O. The van der Waals surface area contributed by atoms with Crippen LogP contribution in [0.3, 0.4) is 0 Å². The zero-order valence-electron chi connectivity index (χ0n) is 5.50. The van der Waals surface area contributed by atoms with Gasteiger partial charge in [-0.2, -0.15) is 0 Å². The smallest absolute Gasteiger partial charge is 0.185 e. The van der Waals surface area contributed by atoms with E-state index in [-0.39, 0.29) is 5.78 Å². The molecule has 0 aliphatic heterocycles. The van der Waals surface area contributed by atoms with E-state index in [0.29, 0.717) is 5.56 Å². The van der Waals surface area contributed by atoms with Crippen molar-refractivity contribution in [3.8, 4) is 0 Å². The fourth-order valence-corrected chi connectivity index (χ4v) is 0.669. The first-order chi connectivity index (χ1) is 4.84. The van der Waals surface area contributed by atoms with E-state index in [1.807, 2.05) is 0 Å². The number of allylic oxidation sites excluding steroid dienone is 1. The fraction of sp³-hybridized carbons (Fsp3) is 0. The summed E-state index contributed by atoms with van der Waals surface area (Å²) in [5.74, 6) is -0.0472. The summed E-state index contributed by atoms with van der Waals surface area (Å²) in [6.45, 7) is 3.38. The molecule has 1 radical (unpaired) electrons. The number of hydrogen-bond acceptors (Lipinski definition) is 1. The van der Waals surface area contributed by atoms with Crippen molar-refractivity contribution >= 4 is 5.78 Å². The molecule has 0 aliphatic carbocycles. The van der Waals surface area contributed by atoms with Crippen LogP contribution in [0.15, 0.2) is 36.9 Å². The Bertz CT molecular complexity index is 236. The monoisotopic (exact) mass is 131 g/mol. The number of carbonyl (C=O) groups excluding carboxylic acids is 1. The van der Waals surface area contributed by atoms with Gasteiger partial charge in [-0.3, -0.25) is 4.79 Å². The highest BCUT2D eigenvalue weighted by Gasteiger charge is 1.95. The van der Waals surface area contributed by atoms with E-state index in [1.54, 1.807) is 24.3 Å². The van der Waals surface area contributed by atoms with Crippen molar-refractivity contribution in [3.63, 3.8) is 0 Å². The average Bonchev–Trinajstić information content (AvgIpc) is 2.05. The zero-order valence-corrected chi connectivity index (χ0v) is 5.50. The lowest BCUT2D eigenvalue weighted by Gasteiger charge is -1.90. The van der Waals surface area contributed by atoms with Crippen LogP contribution >= 0.6 is 0 Å². The Morgan fingerprint density at radius 1 is 1.50 bits per heavy atom. The minimum absolute atomic E-state index is 0.0472. The Kier molecular flexibility index (Phi) is 2.00. The van der Waals surface area contributed by atoms with Crippen molar-refractivity contribution in [2.75, 3.05) is 0 Å². The second-order valence-electron chi connectivity index (χ2n) is 1.86. The molecule has 0 fully saturated rings. The topological polar surface area (TPSA) is 17.1 Å². The molecule has 49 valence electrons. The Morgan fingerprint density at radius 2 is 2.10 bits per heavy atom. The average molecular weight is 131 g/mol. The summed E-state index contributed by atoms with van der Waals surface area (Å²) in [7, 11) is 0. The summed E-state index contributed by atoms with van der Waals surface area (Å²) in [6, 6.07) is 9.66. The van der Waals surface area contributed by atoms with E-state index in [4.69, 9.17) is 0 Å². The van der Waals surface area contributed by atoms with Crippen molar-refractivity contribution in [1.82, 2.24) is 0 Å². The van der Waals surface area contributed by atoms with Gasteiger partial charge in [-0.15, -0.1) is 0 Å². The van der Waals surface area contributed by atoms with Gasteiger partial charge in [0.2, 0.25) is 0 Å². The van der Waals surface area contributed by atoms with E-state index in [0.717, 1.165) is 0 Å². The van der Waals surface area contributed by atoms with E-state index in [1.165, 1.54) is 6.08 Å². The first-order valence-corrected chi connectivity index (χ1v) is 2.97. The van der Waals surface area contributed by atoms with Crippen LogP contribution in [0.1, 0.15) is 10.4 Å². The van der Waals surface area contributed by atoms with E-state index in [9.17, 15) is 4.79 Å². The van der Waals surface area contributed by atoms with Gasteiger partial charge in [-0.25, -0.2) is 0 Å². The van der Waals surface area contributed by atoms with Gasteiger partial charge in [0.1, 0.15) is 0 Å². The third-order valence-corrected chi connectivity index (χ3v) is 1.19. The maximum Gasteiger partial charge on any atom is 0.185 e. The van der Waals surface area contributed by atoms with Crippen LogP contribution < -0.4 is 0 Å². The van der Waals surface area contributed by atoms with Gasteiger partial charge in [0.15, 0.2) is 5.78 Å². The largest absolute Gasteiger partial charge is 0.289 e. The lowest BCUT2D eigenvalue weighted by atomic mass is 10.1. The minimum Gasteiger partial charge on any atom is -0.289 e. The maximum absolute atomic E-state index is 10.9. The number of rotatable bonds is 2. The highest BCUT2D eigenvalue weighted by Crippen LogP contribution is 1.98. The predicted octanol–water partition coefficient (Wildman–Crippen LogP) is 1.86. The molecular weight excluding hydrogens is 124 g/mol. The molecule has 0 N–H and O–H groups in total. The molecule has 1 heteroatoms. The SMILES string of the molecule is C=CC(=O)c1cc[c]cc1. The predicted molar refractivity (Wildman–Crippen MR) is 39.8 cm³/mol. The molecule has 0 bridgehead atoms. The van der Waals surface area contributed by atoms with Gasteiger partial charge < -0.3 is 0 Å². The summed E-state index contributed by atoms with van der Waals surface area (Å²) in [6.07, 6.45) is 1.30. The summed E-state index contributed by atoms with van der Waals surface area (Å²) in [5.41, 5.74) is 0.661. The lowest BCUT2D eigenvalue weighted by molar-refractivity contribution is 0.104. The molecule has 1 aromatic rings.